The monoisotopic (exact) mass is 390 g/mol. The summed E-state index contributed by atoms with van der Waals surface area (Å²) in [5.41, 5.74) is 2.22. The summed E-state index contributed by atoms with van der Waals surface area (Å²) in [6.07, 6.45) is 5.50. The minimum Gasteiger partial charge on any atom is -0.357 e. The predicted molar refractivity (Wildman–Crippen MR) is 96.7 cm³/mol. The van der Waals surface area contributed by atoms with Crippen LogP contribution in [-0.2, 0) is 6.54 Å². The number of unbranched alkanes of at least 4 members (excludes halogenated alkanes) is 2. The van der Waals surface area contributed by atoms with E-state index in [4.69, 9.17) is 0 Å². The fourth-order valence-electron chi connectivity index (χ4n) is 1.76. The van der Waals surface area contributed by atoms with Crippen molar-refractivity contribution < 1.29 is 0 Å². The number of aliphatic imine (C=N–C) groups is 1. The number of aryl methyl sites for hydroxylation is 1. The molecular weight excluding hydrogens is 363 g/mol. The van der Waals surface area contributed by atoms with Crippen LogP contribution in [0.3, 0.4) is 0 Å². The fraction of sp³-hybridized carbons (Fsp3) is 0.600. The average molecular weight is 390 g/mol. The molecule has 0 aliphatic heterocycles. The lowest BCUT2D eigenvalue weighted by Gasteiger charge is -2.11. The fourth-order valence-corrected chi connectivity index (χ4v) is 1.76. The van der Waals surface area contributed by atoms with Crippen LogP contribution in [0.4, 0.5) is 0 Å². The van der Waals surface area contributed by atoms with Crippen molar-refractivity contribution in [2.24, 2.45) is 4.99 Å². The molecule has 0 aliphatic carbocycles. The summed E-state index contributed by atoms with van der Waals surface area (Å²) < 4.78 is 0. The third-order valence-electron chi connectivity index (χ3n) is 2.92. The van der Waals surface area contributed by atoms with Crippen LogP contribution in [-0.4, -0.2) is 24.0 Å². The molecule has 0 radical (unpaired) electrons. The Bertz CT molecular complexity index is 393. The highest BCUT2D eigenvalue weighted by Gasteiger charge is 2.00. The number of guanidine groups is 1. The molecule has 0 fully saturated rings. The molecule has 1 rings (SSSR count). The van der Waals surface area contributed by atoms with Gasteiger partial charge in [-0.05, 0) is 31.9 Å². The van der Waals surface area contributed by atoms with Crippen LogP contribution in [0, 0.1) is 6.92 Å². The first-order chi connectivity index (χ1) is 9.27. The Kier molecular flexibility index (Phi) is 11.4. The zero-order chi connectivity index (χ0) is 13.9. The first kappa shape index (κ1) is 19.1. The molecule has 0 aliphatic rings. The molecule has 1 heterocycles. The van der Waals surface area contributed by atoms with E-state index in [-0.39, 0.29) is 24.0 Å². The van der Waals surface area contributed by atoms with Gasteiger partial charge in [0.25, 0.3) is 0 Å². The predicted octanol–water partition coefficient (Wildman–Crippen LogP) is 3.25. The first-order valence-electron chi connectivity index (χ1n) is 7.20. The molecule has 0 saturated carbocycles. The molecule has 114 valence electrons. The molecule has 20 heavy (non-hydrogen) atoms. The van der Waals surface area contributed by atoms with Crippen molar-refractivity contribution in [1.29, 1.82) is 0 Å². The average Bonchev–Trinajstić information content (AvgIpc) is 2.42. The molecule has 4 nitrogen and oxygen atoms in total. The third-order valence-corrected chi connectivity index (χ3v) is 2.92. The van der Waals surface area contributed by atoms with E-state index in [0.717, 1.165) is 24.7 Å². The van der Waals surface area contributed by atoms with E-state index in [0.29, 0.717) is 6.54 Å². The molecule has 0 atom stereocenters. The van der Waals surface area contributed by atoms with Crippen molar-refractivity contribution in [1.82, 2.24) is 15.6 Å². The Morgan fingerprint density at radius 2 is 2.05 bits per heavy atom. The van der Waals surface area contributed by atoms with Crippen LogP contribution in [0.25, 0.3) is 0 Å². The topological polar surface area (TPSA) is 49.3 Å². The lowest BCUT2D eigenvalue weighted by atomic mass is 10.2. The van der Waals surface area contributed by atoms with E-state index in [1.54, 1.807) is 0 Å². The number of pyridine rings is 1. The van der Waals surface area contributed by atoms with Crippen molar-refractivity contribution in [2.45, 2.75) is 46.6 Å². The van der Waals surface area contributed by atoms with E-state index < -0.39 is 0 Å². The second kappa shape index (κ2) is 11.9. The zero-order valence-corrected chi connectivity index (χ0v) is 15.1. The van der Waals surface area contributed by atoms with Crippen molar-refractivity contribution in [2.75, 3.05) is 13.1 Å². The van der Waals surface area contributed by atoms with Gasteiger partial charge in [-0.1, -0.05) is 25.8 Å². The number of nitrogens with one attached hydrogen (secondary N) is 2. The summed E-state index contributed by atoms with van der Waals surface area (Å²) in [5, 5.41) is 6.62. The zero-order valence-electron chi connectivity index (χ0n) is 12.8. The Morgan fingerprint density at radius 1 is 1.25 bits per heavy atom. The highest BCUT2D eigenvalue weighted by Crippen LogP contribution is 2.04. The lowest BCUT2D eigenvalue weighted by Crippen LogP contribution is -2.37. The largest absolute Gasteiger partial charge is 0.357 e. The van der Waals surface area contributed by atoms with E-state index in [2.05, 4.69) is 47.4 Å². The van der Waals surface area contributed by atoms with Crippen molar-refractivity contribution in [3.8, 4) is 0 Å². The standard InChI is InChI=1S/C15H26N4.HI/c1-4-6-7-10-18-15(16-5-2)19-12-14-13(3)9-8-11-17-14;/h8-9,11H,4-7,10,12H2,1-3H3,(H2,16,18,19);1H. The summed E-state index contributed by atoms with van der Waals surface area (Å²) in [6.45, 7) is 8.83. The summed E-state index contributed by atoms with van der Waals surface area (Å²) in [5.74, 6) is 0.878. The van der Waals surface area contributed by atoms with Crippen molar-refractivity contribution >= 4 is 29.9 Å². The van der Waals surface area contributed by atoms with Gasteiger partial charge in [0.05, 0.1) is 12.2 Å². The summed E-state index contributed by atoms with van der Waals surface area (Å²) in [4.78, 5) is 8.93. The Hall–Kier alpha value is -0.850. The maximum absolute atomic E-state index is 4.57. The van der Waals surface area contributed by atoms with Crippen molar-refractivity contribution in [3.05, 3.63) is 29.6 Å². The van der Waals surface area contributed by atoms with Crippen LogP contribution in [0.5, 0.6) is 0 Å². The smallest absolute Gasteiger partial charge is 0.191 e. The Labute approximate surface area is 139 Å². The molecular formula is C15H27IN4. The van der Waals surface area contributed by atoms with E-state index in [1.165, 1.54) is 24.8 Å². The van der Waals surface area contributed by atoms with Gasteiger partial charge in [-0.2, -0.15) is 0 Å². The van der Waals surface area contributed by atoms with E-state index in [1.807, 2.05) is 12.3 Å². The molecule has 0 saturated heterocycles. The maximum Gasteiger partial charge on any atom is 0.191 e. The van der Waals surface area contributed by atoms with Gasteiger partial charge in [-0.25, -0.2) is 4.99 Å². The van der Waals surface area contributed by atoms with Gasteiger partial charge in [-0.15, -0.1) is 24.0 Å². The van der Waals surface area contributed by atoms with Gasteiger partial charge >= 0.3 is 0 Å². The molecule has 5 heteroatoms. The molecule has 0 unspecified atom stereocenters. The summed E-state index contributed by atoms with van der Waals surface area (Å²) in [6, 6.07) is 4.02. The highest BCUT2D eigenvalue weighted by atomic mass is 127. The first-order valence-corrected chi connectivity index (χ1v) is 7.20. The van der Waals surface area contributed by atoms with Gasteiger partial charge in [-0.3, -0.25) is 4.98 Å². The molecule has 0 spiro atoms. The quantitative estimate of drug-likeness (QED) is 0.325. The highest BCUT2D eigenvalue weighted by molar-refractivity contribution is 14.0. The van der Waals surface area contributed by atoms with Crippen LogP contribution in [0.2, 0.25) is 0 Å². The van der Waals surface area contributed by atoms with Crippen molar-refractivity contribution in [3.63, 3.8) is 0 Å². The number of aromatic nitrogens is 1. The lowest BCUT2D eigenvalue weighted by molar-refractivity contribution is 0.683. The van der Waals surface area contributed by atoms with Gasteiger partial charge in [0.2, 0.25) is 0 Å². The SMILES string of the molecule is CCCCCNC(=NCc1ncccc1C)NCC.I. The van der Waals surface area contributed by atoms with Crippen LogP contribution in [0.1, 0.15) is 44.4 Å². The molecule has 1 aromatic heterocycles. The Morgan fingerprint density at radius 3 is 2.70 bits per heavy atom. The number of halogens is 1. The normalized spacial score (nSPS) is 10.8. The van der Waals surface area contributed by atoms with Crippen LogP contribution in [0.15, 0.2) is 23.3 Å². The minimum absolute atomic E-state index is 0. The molecule has 0 aromatic carbocycles. The second-order valence-electron chi connectivity index (χ2n) is 4.60. The molecule has 0 amide bonds. The number of hydrogen-bond acceptors (Lipinski definition) is 2. The number of nitrogens with zero attached hydrogens (tertiary/aromatic N) is 2. The number of hydrogen-bond donors (Lipinski definition) is 2. The maximum atomic E-state index is 4.57. The van der Waals surface area contributed by atoms with Crippen LogP contribution >= 0.6 is 24.0 Å². The second-order valence-corrected chi connectivity index (χ2v) is 4.60. The van der Waals surface area contributed by atoms with E-state index >= 15 is 0 Å². The summed E-state index contributed by atoms with van der Waals surface area (Å²) >= 11 is 0. The van der Waals surface area contributed by atoms with Gasteiger partial charge in [0.15, 0.2) is 5.96 Å². The molecule has 0 bridgehead atoms. The van der Waals surface area contributed by atoms with Gasteiger partial charge < -0.3 is 10.6 Å². The minimum atomic E-state index is 0. The van der Waals surface area contributed by atoms with Gasteiger partial charge in [0, 0.05) is 19.3 Å². The number of rotatable bonds is 7. The van der Waals surface area contributed by atoms with Gasteiger partial charge in [0.1, 0.15) is 0 Å². The summed E-state index contributed by atoms with van der Waals surface area (Å²) in [7, 11) is 0. The third kappa shape index (κ3) is 7.67. The Balaban J connectivity index is 0.00000361. The molecule has 1 aromatic rings. The van der Waals surface area contributed by atoms with E-state index in [9.17, 15) is 0 Å². The molecule has 2 N–H and O–H groups in total. The van der Waals surface area contributed by atoms with Crippen LogP contribution < -0.4 is 10.6 Å².